The second-order valence-corrected chi connectivity index (χ2v) is 2.58. The van der Waals surface area contributed by atoms with Crippen molar-refractivity contribution in [3.05, 3.63) is 0 Å². The standard InChI is InChI=1S/C7H14O6/c1-13-3-5(10)7(12)6(11)4(9)2-8/h4,6-9,11-12H,2-3H2,1H3/t4-,6-,7+/m1/s1. The van der Waals surface area contributed by atoms with Crippen molar-refractivity contribution in [2.45, 2.75) is 18.3 Å². The number of ketones is 1. The normalized spacial score (nSPS) is 17.9. The Hall–Kier alpha value is -0.530. The predicted molar refractivity (Wildman–Crippen MR) is 42.0 cm³/mol. The molecule has 0 bridgehead atoms. The lowest BCUT2D eigenvalue weighted by Crippen LogP contribution is -2.44. The number of aliphatic hydroxyl groups is 4. The summed E-state index contributed by atoms with van der Waals surface area (Å²) in [4.78, 5) is 10.9. The van der Waals surface area contributed by atoms with E-state index in [1.807, 2.05) is 0 Å². The highest BCUT2D eigenvalue weighted by Crippen LogP contribution is 2.01. The van der Waals surface area contributed by atoms with E-state index in [0.29, 0.717) is 0 Å². The van der Waals surface area contributed by atoms with Gasteiger partial charge >= 0.3 is 0 Å². The van der Waals surface area contributed by atoms with Crippen LogP contribution in [-0.4, -0.2) is 64.8 Å². The summed E-state index contributed by atoms with van der Waals surface area (Å²) in [6.45, 7) is -1.07. The van der Waals surface area contributed by atoms with Gasteiger partial charge < -0.3 is 25.2 Å². The van der Waals surface area contributed by atoms with Crippen LogP contribution >= 0.6 is 0 Å². The molecular weight excluding hydrogens is 180 g/mol. The van der Waals surface area contributed by atoms with Crippen molar-refractivity contribution in [2.24, 2.45) is 0 Å². The van der Waals surface area contributed by atoms with Crippen molar-refractivity contribution in [1.82, 2.24) is 0 Å². The molecule has 0 spiro atoms. The van der Waals surface area contributed by atoms with Crippen molar-refractivity contribution < 1.29 is 30.0 Å². The molecule has 3 atom stereocenters. The van der Waals surface area contributed by atoms with Gasteiger partial charge in [0.25, 0.3) is 0 Å². The van der Waals surface area contributed by atoms with Crippen LogP contribution in [-0.2, 0) is 9.53 Å². The van der Waals surface area contributed by atoms with Crippen LogP contribution in [0.4, 0.5) is 0 Å². The zero-order valence-corrected chi connectivity index (χ0v) is 7.25. The molecule has 78 valence electrons. The lowest BCUT2D eigenvalue weighted by molar-refractivity contribution is -0.143. The molecule has 0 aromatic rings. The zero-order chi connectivity index (χ0) is 10.4. The first kappa shape index (κ1) is 12.5. The molecule has 6 heteroatoms. The van der Waals surface area contributed by atoms with Gasteiger partial charge in [0.1, 0.15) is 24.9 Å². The maximum absolute atomic E-state index is 10.9. The molecule has 0 aliphatic rings. The van der Waals surface area contributed by atoms with E-state index >= 15 is 0 Å². The molecule has 6 nitrogen and oxygen atoms in total. The molecule has 0 saturated heterocycles. The number of hydrogen-bond donors (Lipinski definition) is 4. The number of rotatable bonds is 6. The third-order valence-electron chi connectivity index (χ3n) is 1.52. The fraction of sp³-hybridized carbons (Fsp3) is 0.857. The van der Waals surface area contributed by atoms with Gasteiger partial charge in [-0.15, -0.1) is 0 Å². The summed E-state index contributed by atoms with van der Waals surface area (Å²) >= 11 is 0. The largest absolute Gasteiger partial charge is 0.394 e. The van der Waals surface area contributed by atoms with Crippen LogP contribution in [0.1, 0.15) is 0 Å². The van der Waals surface area contributed by atoms with Crippen LogP contribution in [0.3, 0.4) is 0 Å². The molecule has 0 heterocycles. The summed E-state index contributed by atoms with van der Waals surface area (Å²) in [6, 6.07) is 0. The number of ether oxygens (including phenoxy) is 1. The SMILES string of the molecule is COCC(=O)[C@H](O)[C@H](O)[C@H](O)CO. The predicted octanol–water partition coefficient (Wildman–Crippen LogP) is -2.72. The van der Waals surface area contributed by atoms with E-state index in [-0.39, 0.29) is 6.61 Å². The van der Waals surface area contributed by atoms with E-state index in [4.69, 9.17) is 20.4 Å². The molecule has 0 aromatic carbocycles. The molecule has 13 heavy (non-hydrogen) atoms. The first-order valence-electron chi connectivity index (χ1n) is 3.71. The van der Waals surface area contributed by atoms with Crippen LogP contribution in [0.5, 0.6) is 0 Å². The highest BCUT2D eigenvalue weighted by molar-refractivity contribution is 5.84. The molecule has 0 rings (SSSR count). The lowest BCUT2D eigenvalue weighted by atomic mass is 10.1. The third kappa shape index (κ3) is 3.79. The molecular formula is C7H14O6. The summed E-state index contributed by atoms with van der Waals surface area (Å²) in [5.74, 6) is -0.748. The number of methoxy groups -OCH3 is 1. The van der Waals surface area contributed by atoms with Gasteiger partial charge in [0, 0.05) is 7.11 Å². The maximum atomic E-state index is 10.9. The number of hydrogen-bond acceptors (Lipinski definition) is 6. The summed E-state index contributed by atoms with van der Waals surface area (Å²) in [5, 5.41) is 35.4. The number of carbonyl (C=O) groups is 1. The molecule has 4 N–H and O–H groups in total. The Bertz CT molecular complexity index is 159. The Morgan fingerprint density at radius 2 is 1.92 bits per heavy atom. The molecule has 0 unspecified atom stereocenters. The van der Waals surface area contributed by atoms with Gasteiger partial charge in [-0.1, -0.05) is 0 Å². The smallest absolute Gasteiger partial charge is 0.189 e. The number of Topliss-reactive ketones (excluding diaryl/α,β-unsaturated/α-hetero) is 1. The van der Waals surface area contributed by atoms with Crippen LogP contribution < -0.4 is 0 Å². The van der Waals surface area contributed by atoms with Crippen molar-refractivity contribution >= 4 is 5.78 Å². The molecule has 0 fully saturated rings. The third-order valence-corrected chi connectivity index (χ3v) is 1.52. The Morgan fingerprint density at radius 3 is 2.31 bits per heavy atom. The monoisotopic (exact) mass is 194 g/mol. The van der Waals surface area contributed by atoms with E-state index in [1.54, 1.807) is 0 Å². The molecule has 0 aliphatic carbocycles. The summed E-state index contributed by atoms with van der Waals surface area (Å²) in [5.41, 5.74) is 0. The fourth-order valence-corrected chi connectivity index (χ4v) is 0.737. The van der Waals surface area contributed by atoms with Crippen LogP contribution in [0.2, 0.25) is 0 Å². The average molecular weight is 194 g/mol. The van der Waals surface area contributed by atoms with Gasteiger partial charge in [0.05, 0.1) is 6.61 Å². The Kier molecular flexibility index (Phi) is 5.76. The van der Waals surface area contributed by atoms with E-state index in [0.717, 1.165) is 0 Å². The molecule has 0 radical (unpaired) electrons. The van der Waals surface area contributed by atoms with Crippen molar-refractivity contribution in [2.75, 3.05) is 20.3 Å². The Balaban J connectivity index is 4.07. The van der Waals surface area contributed by atoms with Gasteiger partial charge in [0.2, 0.25) is 0 Å². The van der Waals surface area contributed by atoms with E-state index in [1.165, 1.54) is 7.11 Å². The molecule has 0 saturated carbocycles. The van der Waals surface area contributed by atoms with Crippen molar-refractivity contribution in [1.29, 1.82) is 0 Å². The van der Waals surface area contributed by atoms with Gasteiger partial charge in [0.15, 0.2) is 5.78 Å². The molecule has 0 amide bonds. The lowest BCUT2D eigenvalue weighted by Gasteiger charge is -2.19. The quantitative estimate of drug-likeness (QED) is 0.366. The average Bonchev–Trinajstić information content (AvgIpc) is 2.14. The second kappa shape index (κ2) is 6.01. The van der Waals surface area contributed by atoms with Crippen molar-refractivity contribution in [3.8, 4) is 0 Å². The fourth-order valence-electron chi connectivity index (χ4n) is 0.737. The van der Waals surface area contributed by atoms with Gasteiger partial charge in [-0.25, -0.2) is 0 Å². The Labute approximate surface area is 75.4 Å². The minimum atomic E-state index is -1.73. The first-order valence-corrected chi connectivity index (χ1v) is 3.71. The van der Waals surface area contributed by atoms with Crippen LogP contribution in [0, 0.1) is 0 Å². The van der Waals surface area contributed by atoms with E-state index in [9.17, 15) is 4.79 Å². The summed E-state index contributed by atoms with van der Waals surface area (Å²) < 4.78 is 4.42. The Morgan fingerprint density at radius 1 is 1.38 bits per heavy atom. The highest BCUT2D eigenvalue weighted by Gasteiger charge is 2.29. The zero-order valence-electron chi connectivity index (χ0n) is 7.25. The number of aliphatic hydroxyl groups excluding tert-OH is 4. The van der Waals surface area contributed by atoms with Gasteiger partial charge in [-0.3, -0.25) is 4.79 Å². The van der Waals surface area contributed by atoms with Crippen molar-refractivity contribution in [3.63, 3.8) is 0 Å². The maximum Gasteiger partial charge on any atom is 0.189 e. The second-order valence-electron chi connectivity index (χ2n) is 2.58. The van der Waals surface area contributed by atoms with E-state index < -0.39 is 30.7 Å². The summed E-state index contributed by atoms with van der Waals surface area (Å²) in [7, 11) is 1.26. The minimum Gasteiger partial charge on any atom is -0.394 e. The molecule has 0 aliphatic heterocycles. The van der Waals surface area contributed by atoms with Crippen LogP contribution in [0.25, 0.3) is 0 Å². The summed E-state index contributed by atoms with van der Waals surface area (Å²) in [6.07, 6.45) is -4.95. The molecule has 0 aromatic heterocycles. The van der Waals surface area contributed by atoms with Crippen LogP contribution in [0.15, 0.2) is 0 Å². The van der Waals surface area contributed by atoms with Gasteiger partial charge in [-0.05, 0) is 0 Å². The highest BCUT2D eigenvalue weighted by atomic mass is 16.5. The van der Waals surface area contributed by atoms with Gasteiger partial charge in [-0.2, -0.15) is 0 Å². The number of carbonyl (C=O) groups excluding carboxylic acids is 1. The first-order chi connectivity index (χ1) is 6.04. The van der Waals surface area contributed by atoms with E-state index in [2.05, 4.69) is 4.74 Å². The topological polar surface area (TPSA) is 107 Å². The minimum absolute atomic E-state index is 0.351.